The molecule has 0 spiro atoms. The summed E-state index contributed by atoms with van der Waals surface area (Å²) in [6.07, 6.45) is 0. The molecule has 0 aliphatic rings. The number of nitrogens with zero attached hydrogens (tertiary/aromatic N) is 2. The van der Waals surface area contributed by atoms with Crippen LogP contribution in [-0.4, -0.2) is 29.9 Å². The van der Waals surface area contributed by atoms with Crippen LogP contribution in [0.3, 0.4) is 0 Å². The van der Waals surface area contributed by atoms with Crippen LogP contribution in [0.1, 0.15) is 27.7 Å². The molecule has 1 unspecified atom stereocenters. The molecule has 0 heterocycles. The Morgan fingerprint density at radius 3 is 2.43 bits per heavy atom. The monoisotopic (exact) mass is 260 g/mol. The number of hydrogen-bond acceptors (Lipinski definition) is 2. The molecule has 0 aromatic carbocycles. The summed E-state index contributed by atoms with van der Waals surface area (Å²) in [5, 5.41) is 9.75. The molecule has 0 amide bonds. The van der Waals surface area contributed by atoms with Gasteiger partial charge in [0.25, 0.3) is 0 Å². The SMILES string of the molecule is CCN(CC(C)C#N)CC(C)(C)CBr. The Morgan fingerprint density at radius 1 is 1.50 bits per heavy atom. The lowest BCUT2D eigenvalue weighted by molar-refractivity contribution is 0.192. The molecule has 0 aromatic rings. The highest BCUT2D eigenvalue weighted by Crippen LogP contribution is 2.20. The second-order valence-corrected chi connectivity index (χ2v) is 5.22. The van der Waals surface area contributed by atoms with Gasteiger partial charge in [-0.15, -0.1) is 0 Å². The van der Waals surface area contributed by atoms with Gasteiger partial charge >= 0.3 is 0 Å². The quantitative estimate of drug-likeness (QED) is 0.687. The third-order valence-corrected chi connectivity index (χ3v) is 3.73. The fourth-order valence-electron chi connectivity index (χ4n) is 1.38. The Kier molecular flexibility index (Phi) is 6.39. The molecule has 0 N–H and O–H groups in total. The van der Waals surface area contributed by atoms with Gasteiger partial charge in [0.15, 0.2) is 0 Å². The van der Waals surface area contributed by atoms with Gasteiger partial charge in [0.1, 0.15) is 0 Å². The Bertz CT molecular complexity index is 196. The lowest BCUT2D eigenvalue weighted by Gasteiger charge is -2.31. The highest BCUT2D eigenvalue weighted by Gasteiger charge is 2.20. The average Bonchev–Trinajstić information content (AvgIpc) is 2.16. The first-order chi connectivity index (χ1) is 6.45. The minimum absolute atomic E-state index is 0.126. The average molecular weight is 261 g/mol. The van der Waals surface area contributed by atoms with Gasteiger partial charge in [-0.05, 0) is 18.9 Å². The first-order valence-electron chi connectivity index (χ1n) is 5.13. The molecule has 3 heteroatoms. The van der Waals surface area contributed by atoms with Gasteiger partial charge in [-0.1, -0.05) is 36.7 Å². The lowest BCUT2D eigenvalue weighted by Crippen LogP contribution is -2.37. The van der Waals surface area contributed by atoms with E-state index < -0.39 is 0 Å². The molecule has 2 nitrogen and oxygen atoms in total. The third-order valence-electron chi connectivity index (χ3n) is 2.21. The van der Waals surface area contributed by atoms with Crippen molar-refractivity contribution in [1.29, 1.82) is 5.26 Å². The Hall–Kier alpha value is -0.0700. The van der Waals surface area contributed by atoms with Crippen molar-refractivity contribution in [2.24, 2.45) is 11.3 Å². The first kappa shape index (κ1) is 13.9. The van der Waals surface area contributed by atoms with Gasteiger partial charge in [-0.3, -0.25) is 0 Å². The summed E-state index contributed by atoms with van der Waals surface area (Å²) in [4.78, 5) is 2.34. The van der Waals surface area contributed by atoms with E-state index in [1.54, 1.807) is 0 Å². The number of hydrogen-bond donors (Lipinski definition) is 0. The van der Waals surface area contributed by atoms with Gasteiger partial charge in [0, 0.05) is 18.4 Å². The van der Waals surface area contributed by atoms with E-state index in [4.69, 9.17) is 5.26 Å². The number of rotatable bonds is 6. The maximum Gasteiger partial charge on any atom is 0.0666 e. The molecule has 0 rings (SSSR count). The first-order valence-corrected chi connectivity index (χ1v) is 6.25. The summed E-state index contributed by atoms with van der Waals surface area (Å²) in [6, 6.07) is 2.28. The number of alkyl halides is 1. The molecule has 0 bridgehead atoms. The molecule has 0 radical (unpaired) electrons. The molecular formula is C11H21BrN2. The van der Waals surface area contributed by atoms with Gasteiger partial charge < -0.3 is 4.90 Å². The van der Waals surface area contributed by atoms with Crippen molar-refractivity contribution in [2.75, 3.05) is 25.0 Å². The van der Waals surface area contributed by atoms with Crippen molar-refractivity contribution in [2.45, 2.75) is 27.7 Å². The third kappa shape index (κ3) is 5.62. The minimum Gasteiger partial charge on any atom is -0.302 e. The van der Waals surface area contributed by atoms with Crippen LogP contribution >= 0.6 is 15.9 Å². The fourth-order valence-corrected chi connectivity index (χ4v) is 1.56. The van der Waals surface area contributed by atoms with Crippen molar-refractivity contribution in [3.05, 3.63) is 0 Å². The van der Waals surface area contributed by atoms with E-state index in [0.717, 1.165) is 25.0 Å². The molecule has 14 heavy (non-hydrogen) atoms. The van der Waals surface area contributed by atoms with E-state index in [2.05, 4.69) is 47.7 Å². The molecule has 0 aromatic heterocycles. The van der Waals surface area contributed by atoms with E-state index >= 15 is 0 Å². The van der Waals surface area contributed by atoms with Crippen LogP contribution in [-0.2, 0) is 0 Å². The highest BCUT2D eigenvalue weighted by molar-refractivity contribution is 9.09. The maximum atomic E-state index is 8.75. The standard InChI is InChI=1S/C11H21BrN2/c1-5-14(7-10(2)6-13)9-11(3,4)8-12/h10H,5,7-9H2,1-4H3. The predicted octanol–water partition coefficient (Wildman–Crippen LogP) is 2.89. The zero-order chi connectivity index (χ0) is 11.2. The van der Waals surface area contributed by atoms with Crippen molar-refractivity contribution in [3.63, 3.8) is 0 Å². The Labute approximate surface area is 96.4 Å². The van der Waals surface area contributed by atoms with Crippen molar-refractivity contribution in [1.82, 2.24) is 4.90 Å². The number of halogens is 1. The Balaban J connectivity index is 4.10. The van der Waals surface area contributed by atoms with Crippen LogP contribution in [0, 0.1) is 22.7 Å². The van der Waals surface area contributed by atoms with Crippen molar-refractivity contribution < 1.29 is 0 Å². The Morgan fingerprint density at radius 2 is 2.07 bits per heavy atom. The fraction of sp³-hybridized carbons (Fsp3) is 0.909. The summed E-state index contributed by atoms with van der Waals surface area (Å²) >= 11 is 3.52. The van der Waals surface area contributed by atoms with E-state index in [-0.39, 0.29) is 11.3 Å². The minimum atomic E-state index is 0.126. The lowest BCUT2D eigenvalue weighted by atomic mass is 9.95. The van der Waals surface area contributed by atoms with Crippen LogP contribution in [0.2, 0.25) is 0 Å². The normalized spacial score (nSPS) is 14.1. The molecule has 0 aliphatic heterocycles. The summed E-state index contributed by atoms with van der Waals surface area (Å²) in [5.41, 5.74) is 0.283. The maximum absolute atomic E-state index is 8.75. The predicted molar refractivity (Wildman–Crippen MR) is 64.5 cm³/mol. The van der Waals surface area contributed by atoms with E-state index in [1.807, 2.05) is 6.92 Å². The van der Waals surface area contributed by atoms with Crippen molar-refractivity contribution in [3.8, 4) is 6.07 Å². The van der Waals surface area contributed by atoms with Crippen LogP contribution in [0.4, 0.5) is 0 Å². The summed E-state index contributed by atoms with van der Waals surface area (Å²) < 4.78 is 0. The van der Waals surface area contributed by atoms with Crippen LogP contribution in [0.5, 0.6) is 0 Å². The van der Waals surface area contributed by atoms with Crippen LogP contribution in [0.25, 0.3) is 0 Å². The molecule has 0 fully saturated rings. The van der Waals surface area contributed by atoms with Gasteiger partial charge in [-0.2, -0.15) is 5.26 Å². The number of nitriles is 1. The summed E-state index contributed by atoms with van der Waals surface area (Å²) in [6.45, 7) is 11.5. The molecule has 0 aliphatic carbocycles. The van der Waals surface area contributed by atoms with Gasteiger partial charge in [0.2, 0.25) is 0 Å². The molecular weight excluding hydrogens is 240 g/mol. The second kappa shape index (κ2) is 6.42. The van der Waals surface area contributed by atoms with Gasteiger partial charge in [-0.25, -0.2) is 0 Å². The second-order valence-electron chi connectivity index (χ2n) is 4.66. The highest BCUT2D eigenvalue weighted by atomic mass is 79.9. The van der Waals surface area contributed by atoms with Crippen LogP contribution in [0.15, 0.2) is 0 Å². The topological polar surface area (TPSA) is 27.0 Å². The summed E-state index contributed by atoms with van der Waals surface area (Å²) in [5.74, 6) is 0.126. The largest absolute Gasteiger partial charge is 0.302 e. The molecule has 82 valence electrons. The summed E-state index contributed by atoms with van der Waals surface area (Å²) in [7, 11) is 0. The molecule has 1 atom stereocenters. The van der Waals surface area contributed by atoms with Crippen LogP contribution < -0.4 is 0 Å². The molecule has 0 saturated carbocycles. The molecule has 0 saturated heterocycles. The van der Waals surface area contributed by atoms with Crippen molar-refractivity contribution >= 4 is 15.9 Å². The zero-order valence-corrected chi connectivity index (χ0v) is 11.3. The van der Waals surface area contributed by atoms with Gasteiger partial charge in [0.05, 0.1) is 12.0 Å². The van der Waals surface area contributed by atoms with E-state index in [0.29, 0.717) is 0 Å². The smallest absolute Gasteiger partial charge is 0.0666 e. The van der Waals surface area contributed by atoms with E-state index in [1.165, 1.54) is 0 Å². The zero-order valence-electron chi connectivity index (χ0n) is 9.68. The van der Waals surface area contributed by atoms with E-state index in [9.17, 15) is 0 Å².